The molecule has 1 aromatic heterocycles. The maximum Gasteiger partial charge on any atom is 0.178 e. The van der Waals surface area contributed by atoms with Gasteiger partial charge in [-0.05, 0) is 59.7 Å². The van der Waals surface area contributed by atoms with Gasteiger partial charge in [-0.3, -0.25) is 4.79 Å². The van der Waals surface area contributed by atoms with Gasteiger partial charge in [0.2, 0.25) is 0 Å². The zero-order chi connectivity index (χ0) is 13.3. The minimum Gasteiger partial charge on any atom is -0.293 e. The smallest absolute Gasteiger partial charge is 0.178 e. The first-order valence-corrected chi connectivity index (χ1v) is 8.36. The molecule has 0 bridgehead atoms. The van der Waals surface area contributed by atoms with E-state index < -0.39 is 0 Å². The lowest BCUT2D eigenvalue weighted by molar-refractivity contribution is 0.0764. The molecule has 1 aliphatic rings. The second-order valence-electron chi connectivity index (χ2n) is 5.98. The normalized spacial score (nSPS) is 18.5. The number of rotatable bonds is 4. The molecule has 0 saturated heterocycles. The van der Waals surface area contributed by atoms with Gasteiger partial charge in [-0.2, -0.15) is 0 Å². The molecule has 0 aromatic carbocycles. The number of carbonyl (C=O) groups is 1. The summed E-state index contributed by atoms with van der Waals surface area (Å²) in [5.74, 6) is 0.990. The minimum absolute atomic E-state index is 0.0646. The topological polar surface area (TPSA) is 17.1 Å². The molecule has 0 radical (unpaired) electrons. The number of carbonyl (C=O) groups excluding carboxylic acids is 1. The predicted octanol–water partition coefficient (Wildman–Crippen LogP) is 5.61. The Morgan fingerprint density at radius 2 is 2.06 bits per heavy atom. The molecule has 18 heavy (non-hydrogen) atoms. The summed E-state index contributed by atoms with van der Waals surface area (Å²) in [5.41, 5.74) is 1.12. The molecule has 1 aliphatic carbocycles. The molecule has 0 aliphatic heterocycles. The van der Waals surface area contributed by atoms with Gasteiger partial charge >= 0.3 is 0 Å². The highest BCUT2D eigenvalue weighted by Gasteiger charge is 2.42. The van der Waals surface area contributed by atoms with Gasteiger partial charge in [0.25, 0.3) is 0 Å². The fourth-order valence-electron chi connectivity index (χ4n) is 3.19. The van der Waals surface area contributed by atoms with Crippen molar-refractivity contribution < 1.29 is 4.79 Å². The number of hydrogen-bond donors (Lipinski definition) is 0. The molecule has 0 amide bonds. The molecule has 0 unspecified atom stereocenters. The van der Waals surface area contributed by atoms with Crippen LogP contribution < -0.4 is 0 Å². The lowest BCUT2D eigenvalue weighted by Crippen LogP contribution is -2.29. The van der Waals surface area contributed by atoms with Crippen LogP contribution in [0, 0.1) is 18.3 Å². The maximum absolute atomic E-state index is 12.9. The fraction of sp³-hybridized carbons (Fsp3) is 0.667. The number of halogens is 1. The van der Waals surface area contributed by atoms with E-state index >= 15 is 0 Å². The summed E-state index contributed by atoms with van der Waals surface area (Å²) in [7, 11) is 0. The lowest BCUT2D eigenvalue weighted by atomic mass is 9.74. The fourth-order valence-corrected chi connectivity index (χ4v) is 4.79. The monoisotopic (exact) mass is 328 g/mol. The average Bonchev–Trinajstić information content (AvgIpc) is 2.86. The van der Waals surface area contributed by atoms with Crippen LogP contribution in [0.5, 0.6) is 0 Å². The van der Waals surface area contributed by atoms with Crippen LogP contribution in [0.2, 0.25) is 0 Å². The van der Waals surface area contributed by atoms with Crippen LogP contribution in [0.3, 0.4) is 0 Å². The van der Waals surface area contributed by atoms with Gasteiger partial charge in [-0.15, -0.1) is 11.3 Å². The second kappa shape index (κ2) is 5.46. The van der Waals surface area contributed by atoms with Gasteiger partial charge < -0.3 is 0 Å². The van der Waals surface area contributed by atoms with Crippen LogP contribution in [-0.2, 0) is 0 Å². The Balaban J connectivity index is 2.28. The maximum atomic E-state index is 12.9. The third-order valence-electron chi connectivity index (χ3n) is 3.92. The van der Waals surface area contributed by atoms with E-state index in [1.807, 2.05) is 0 Å². The van der Waals surface area contributed by atoms with E-state index in [2.05, 4.69) is 42.8 Å². The molecule has 0 N–H and O–H groups in total. The van der Waals surface area contributed by atoms with Crippen molar-refractivity contribution in [2.24, 2.45) is 11.3 Å². The molecule has 1 saturated carbocycles. The van der Waals surface area contributed by atoms with Gasteiger partial charge in [0.1, 0.15) is 0 Å². The third-order valence-corrected chi connectivity index (χ3v) is 6.06. The first-order valence-electron chi connectivity index (χ1n) is 6.75. The summed E-state index contributed by atoms with van der Waals surface area (Å²) < 4.78 is 1.10. The van der Waals surface area contributed by atoms with Crippen molar-refractivity contribution in [2.75, 3.05) is 0 Å². The Hall–Kier alpha value is -0.150. The highest BCUT2D eigenvalue weighted by Crippen LogP contribution is 2.47. The molecule has 1 heterocycles. The molecular formula is C15H21BrOS. The Morgan fingerprint density at radius 1 is 1.44 bits per heavy atom. The highest BCUT2D eigenvalue weighted by atomic mass is 79.9. The summed E-state index contributed by atoms with van der Waals surface area (Å²) in [6, 6.07) is 2.05. The average molecular weight is 329 g/mol. The number of hydrogen-bond acceptors (Lipinski definition) is 2. The number of aryl methyl sites for hydroxylation is 1. The first-order chi connectivity index (χ1) is 8.44. The van der Waals surface area contributed by atoms with Crippen molar-refractivity contribution in [3.63, 3.8) is 0 Å². The molecule has 2 rings (SSSR count). The van der Waals surface area contributed by atoms with Crippen LogP contribution in [0.1, 0.15) is 61.2 Å². The van der Waals surface area contributed by atoms with E-state index in [1.54, 1.807) is 11.3 Å². The van der Waals surface area contributed by atoms with Crippen LogP contribution in [-0.4, -0.2) is 5.78 Å². The molecule has 100 valence electrons. The number of thiophene rings is 1. The molecule has 1 fully saturated rings. The summed E-state index contributed by atoms with van der Waals surface area (Å²) in [6.07, 6.45) is 5.63. The van der Waals surface area contributed by atoms with Gasteiger partial charge in [-0.1, -0.05) is 26.7 Å². The van der Waals surface area contributed by atoms with Gasteiger partial charge in [-0.25, -0.2) is 0 Å². The Bertz CT molecular complexity index is 422. The Morgan fingerprint density at radius 3 is 2.50 bits per heavy atom. The highest BCUT2D eigenvalue weighted by molar-refractivity contribution is 9.11. The second-order valence-corrected chi connectivity index (χ2v) is 8.35. The van der Waals surface area contributed by atoms with Gasteiger partial charge in [0, 0.05) is 5.41 Å². The molecule has 0 spiro atoms. The standard InChI is InChI=1S/C15H21BrOS/c1-10(2)9-15(6-4-5-7-15)13(17)12-8-11(3)14(16)18-12/h8,10H,4-7,9H2,1-3H3. The summed E-state index contributed by atoms with van der Waals surface area (Å²) in [5, 5.41) is 0. The van der Waals surface area contributed by atoms with Crippen molar-refractivity contribution in [3.8, 4) is 0 Å². The molecular weight excluding hydrogens is 308 g/mol. The van der Waals surface area contributed by atoms with Crippen LogP contribution >= 0.6 is 27.3 Å². The third kappa shape index (κ3) is 2.72. The lowest BCUT2D eigenvalue weighted by Gasteiger charge is -2.28. The van der Waals surface area contributed by atoms with Gasteiger partial charge in [0.15, 0.2) is 5.78 Å². The minimum atomic E-state index is -0.0646. The van der Waals surface area contributed by atoms with E-state index in [0.717, 1.165) is 27.9 Å². The van der Waals surface area contributed by atoms with Crippen molar-refractivity contribution in [2.45, 2.75) is 52.9 Å². The zero-order valence-electron chi connectivity index (χ0n) is 11.4. The van der Waals surface area contributed by atoms with Gasteiger partial charge in [0.05, 0.1) is 8.66 Å². The number of Topliss-reactive ketones (excluding diaryl/α,β-unsaturated/α-hetero) is 1. The predicted molar refractivity (Wildman–Crippen MR) is 81.4 cm³/mol. The largest absolute Gasteiger partial charge is 0.293 e. The van der Waals surface area contributed by atoms with Crippen molar-refractivity contribution in [1.29, 1.82) is 0 Å². The van der Waals surface area contributed by atoms with E-state index in [-0.39, 0.29) is 5.41 Å². The molecule has 0 atom stereocenters. The van der Waals surface area contributed by atoms with Crippen LogP contribution in [0.15, 0.2) is 9.85 Å². The van der Waals surface area contributed by atoms with Crippen molar-refractivity contribution >= 4 is 33.0 Å². The summed E-state index contributed by atoms with van der Waals surface area (Å²) in [6.45, 7) is 6.51. The Labute approximate surface area is 122 Å². The number of ketones is 1. The van der Waals surface area contributed by atoms with Crippen molar-refractivity contribution in [3.05, 3.63) is 20.3 Å². The molecule has 3 heteroatoms. The molecule has 1 nitrogen and oxygen atoms in total. The summed E-state index contributed by atoms with van der Waals surface area (Å²) >= 11 is 5.13. The summed E-state index contributed by atoms with van der Waals surface area (Å²) in [4.78, 5) is 13.8. The zero-order valence-corrected chi connectivity index (χ0v) is 13.8. The van der Waals surface area contributed by atoms with E-state index in [4.69, 9.17) is 0 Å². The van der Waals surface area contributed by atoms with E-state index in [1.165, 1.54) is 18.4 Å². The van der Waals surface area contributed by atoms with E-state index in [9.17, 15) is 4.79 Å². The Kier molecular flexibility index (Phi) is 4.32. The van der Waals surface area contributed by atoms with Crippen LogP contribution in [0.4, 0.5) is 0 Å². The SMILES string of the molecule is Cc1cc(C(=O)C2(CC(C)C)CCCC2)sc1Br. The first kappa shape index (κ1) is 14.3. The van der Waals surface area contributed by atoms with Crippen LogP contribution in [0.25, 0.3) is 0 Å². The molecule has 1 aromatic rings. The quantitative estimate of drug-likeness (QED) is 0.656. The van der Waals surface area contributed by atoms with E-state index in [0.29, 0.717) is 11.7 Å². The van der Waals surface area contributed by atoms with Crippen molar-refractivity contribution in [1.82, 2.24) is 0 Å².